The largest absolute Gasteiger partial charge is 0.384 e. The zero-order chi connectivity index (χ0) is 12.1. The predicted molar refractivity (Wildman–Crippen MR) is 68.4 cm³/mol. The van der Waals surface area contributed by atoms with Gasteiger partial charge in [0.15, 0.2) is 0 Å². The number of nitrogens with one attached hydrogen (secondary N) is 1. The molecule has 0 amide bonds. The maximum absolute atomic E-state index is 5.64. The van der Waals surface area contributed by atoms with Crippen molar-refractivity contribution in [3.63, 3.8) is 0 Å². The molecule has 17 heavy (non-hydrogen) atoms. The van der Waals surface area contributed by atoms with E-state index in [9.17, 15) is 0 Å². The van der Waals surface area contributed by atoms with E-state index in [-0.39, 0.29) is 0 Å². The molecule has 5 heteroatoms. The second-order valence-electron chi connectivity index (χ2n) is 4.81. The second kappa shape index (κ2) is 5.93. The fourth-order valence-corrected chi connectivity index (χ4v) is 2.32. The number of aromatic nitrogens is 2. The zero-order valence-corrected chi connectivity index (χ0v) is 10.4. The van der Waals surface area contributed by atoms with E-state index in [2.05, 4.69) is 27.2 Å². The number of anilines is 1. The maximum Gasteiger partial charge on any atom is 0.144 e. The highest BCUT2D eigenvalue weighted by molar-refractivity contribution is 5.24. The lowest BCUT2D eigenvalue weighted by Crippen LogP contribution is -2.36. The Kier molecular flexibility index (Phi) is 4.28. The minimum Gasteiger partial charge on any atom is -0.384 e. The quantitative estimate of drug-likeness (QED) is 0.795. The molecule has 0 aromatic carbocycles. The molecule has 5 nitrogen and oxygen atoms in total. The lowest BCUT2D eigenvalue weighted by atomic mass is 9.99. The van der Waals surface area contributed by atoms with Gasteiger partial charge in [0.2, 0.25) is 0 Å². The van der Waals surface area contributed by atoms with Gasteiger partial charge in [0.1, 0.15) is 11.6 Å². The molecule has 1 unspecified atom stereocenters. The van der Waals surface area contributed by atoms with Crippen molar-refractivity contribution in [3.8, 4) is 0 Å². The number of rotatable bonds is 4. The van der Waals surface area contributed by atoms with Crippen LogP contribution in [0, 0.1) is 5.92 Å². The minimum absolute atomic E-state index is 0.544. The van der Waals surface area contributed by atoms with Crippen LogP contribution in [0.15, 0.2) is 12.3 Å². The van der Waals surface area contributed by atoms with Gasteiger partial charge in [-0.25, -0.2) is 9.97 Å². The number of piperidine rings is 1. The molecule has 0 saturated carbocycles. The summed E-state index contributed by atoms with van der Waals surface area (Å²) in [4.78, 5) is 10.7. The van der Waals surface area contributed by atoms with Crippen molar-refractivity contribution < 1.29 is 0 Å². The molecule has 2 heterocycles. The Labute approximate surface area is 102 Å². The van der Waals surface area contributed by atoms with Crippen LogP contribution < -0.4 is 11.1 Å². The Hall–Kier alpha value is -1.20. The summed E-state index contributed by atoms with van der Waals surface area (Å²) < 4.78 is 0. The number of nitrogen functional groups attached to an aromatic ring is 1. The molecule has 3 N–H and O–H groups in total. The maximum atomic E-state index is 5.64. The first-order valence-corrected chi connectivity index (χ1v) is 6.20. The Balaban J connectivity index is 1.82. The SMILES string of the molecule is CN(Cc1nccc(N)n1)CC1CCCNC1. The van der Waals surface area contributed by atoms with Crippen LogP contribution in [-0.2, 0) is 6.54 Å². The highest BCUT2D eigenvalue weighted by Gasteiger charge is 2.15. The van der Waals surface area contributed by atoms with Gasteiger partial charge in [0.05, 0.1) is 6.54 Å². The summed E-state index contributed by atoms with van der Waals surface area (Å²) in [6.45, 7) is 4.15. The molecule has 1 aromatic rings. The van der Waals surface area contributed by atoms with Gasteiger partial charge in [-0.2, -0.15) is 0 Å². The van der Waals surface area contributed by atoms with Gasteiger partial charge >= 0.3 is 0 Å². The van der Waals surface area contributed by atoms with Crippen molar-refractivity contribution in [2.45, 2.75) is 19.4 Å². The molecule has 0 bridgehead atoms. The highest BCUT2D eigenvalue weighted by Crippen LogP contribution is 2.12. The van der Waals surface area contributed by atoms with E-state index in [1.165, 1.54) is 19.4 Å². The van der Waals surface area contributed by atoms with Crippen LogP contribution >= 0.6 is 0 Å². The van der Waals surface area contributed by atoms with Gasteiger partial charge in [0.25, 0.3) is 0 Å². The van der Waals surface area contributed by atoms with Crippen molar-refractivity contribution in [3.05, 3.63) is 18.1 Å². The van der Waals surface area contributed by atoms with Gasteiger partial charge in [-0.15, -0.1) is 0 Å². The van der Waals surface area contributed by atoms with Crippen molar-refractivity contribution in [2.24, 2.45) is 5.92 Å². The third-order valence-corrected chi connectivity index (χ3v) is 3.11. The van der Waals surface area contributed by atoms with Crippen LogP contribution in [0.1, 0.15) is 18.7 Å². The van der Waals surface area contributed by atoms with Crippen LogP contribution in [0.3, 0.4) is 0 Å². The molecule has 1 fully saturated rings. The molecule has 1 atom stereocenters. The number of hydrogen-bond acceptors (Lipinski definition) is 5. The Morgan fingerprint density at radius 2 is 2.47 bits per heavy atom. The standard InChI is InChI=1S/C12H21N5/c1-17(8-10-3-2-5-14-7-10)9-12-15-6-4-11(13)16-12/h4,6,10,14H,2-3,5,7-9H2,1H3,(H2,13,15,16). The summed E-state index contributed by atoms with van der Waals surface area (Å²) in [6, 6.07) is 1.72. The minimum atomic E-state index is 0.544. The van der Waals surface area contributed by atoms with E-state index in [1.807, 2.05) is 0 Å². The van der Waals surface area contributed by atoms with Crippen LogP contribution in [-0.4, -0.2) is 41.5 Å². The summed E-state index contributed by atoms with van der Waals surface area (Å²) in [5, 5.41) is 3.44. The molecule has 0 spiro atoms. The van der Waals surface area contributed by atoms with Gasteiger partial charge in [-0.1, -0.05) is 0 Å². The molecule has 1 aromatic heterocycles. The van der Waals surface area contributed by atoms with E-state index in [0.29, 0.717) is 5.82 Å². The monoisotopic (exact) mass is 235 g/mol. The number of nitrogens with zero attached hydrogens (tertiary/aromatic N) is 3. The summed E-state index contributed by atoms with van der Waals surface area (Å²) in [5.41, 5.74) is 5.64. The van der Waals surface area contributed by atoms with E-state index in [4.69, 9.17) is 5.73 Å². The molecule has 1 saturated heterocycles. The summed E-state index contributed by atoms with van der Waals surface area (Å²) in [7, 11) is 2.11. The normalized spacial score (nSPS) is 20.7. The fraction of sp³-hybridized carbons (Fsp3) is 0.667. The third-order valence-electron chi connectivity index (χ3n) is 3.11. The van der Waals surface area contributed by atoms with Crippen molar-refractivity contribution in [2.75, 3.05) is 32.4 Å². The first-order chi connectivity index (χ1) is 8.24. The van der Waals surface area contributed by atoms with E-state index >= 15 is 0 Å². The summed E-state index contributed by atoms with van der Waals surface area (Å²) in [5.74, 6) is 2.09. The van der Waals surface area contributed by atoms with Gasteiger partial charge in [-0.3, -0.25) is 4.90 Å². The molecule has 0 aliphatic carbocycles. The molecule has 1 aliphatic heterocycles. The Morgan fingerprint density at radius 3 is 3.18 bits per heavy atom. The van der Waals surface area contributed by atoms with Gasteiger partial charge in [0, 0.05) is 12.7 Å². The highest BCUT2D eigenvalue weighted by atomic mass is 15.1. The second-order valence-corrected chi connectivity index (χ2v) is 4.81. The predicted octanol–water partition coefficient (Wildman–Crippen LogP) is 0.490. The van der Waals surface area contributed by atoms with Crippen LogP contribution in [0.4, 0.5) is 5.82 Å². The molecular weight excluding hydrogens is 214 g/mol. The Bertz CT molecular complexity index is 349. The van der Waals surface area contributed by atoms with Crippen molar-refractivity contribution in [1.82, 2.24) is 20.2 Å². The van der Waals surface area contributed by atoms with Gasteiger partial charge in [-0.05, 0) is 45.0 Å². The lowest BCUT2D eigenvalue weighted by molar-refractivity contribution is 0.233. The van der Waals surface area contributed by atoms with Crippen LogP contribution in [0.2, 0.25) is 0 Å². The Morgan fingerprint density at radius 1 is 1.59 bits per heavy atom. The summed E-state index contributed by atoms with van der Waals surface area (Å²) >= 11 is 0. The smallest absolute Gasteiger partial charge is 0.144 e. The molecular formula is C12H21N5. The third kappa shape index (κ3) is 3.94. The first kappa shape index (κ1) is 12.3. The average molecular weight is 235 g/mol. The van der Waals surface area contributed by atoms with Crippen LogP contribution in [0.25, 0.3) is 0 Å². The molecule has 94 valence electrons. The average Bonchev–Trinajstić information content (AvgIpc) is 2.30. The molecule has 2 rings (SSSR count). The number of hydrogen-bond donors (Lipinski definition) is 2. The van der Waals surface area contributed by atoms with Crippen molar-refractivity contribution in [1.29, 1.82) is 0 Å². The fourth-order valence-electron chi connectivity index (χ4n) is 2.32. The van der Waals surface area contributed by atoms with Crippen LogP contribution in [0.5, 0.6) is 0 Å². The molecule has 1 aliphatic rings. The first-order valence-electron chi connectivity index (χ1n) is 6.20. The van der Waals surface area contributed by atoms with E-state index < -0.39 is 0 Å². The topological polar surface area (TPSA) is 67.1 Å². The van der Waals surface area contributed by atoms with E-state index in [1.54, 1.807) is 12.3 Å². The number of nitrogens with two attached hydrogens (primary N) is 1. The van der Waals surface area contributed by atoms with Gasteiger partial charge < -0.3 is 11.1 Å². The zero-order valence-electron chi connectivity index (χ0n) is 10.4. The van der Waals surface area contributed by atoms with E-state index in [0.717, 1.165) is 31.4 Å². The summed E-state index contributed by atoms with van der Waals surface area (Å²) in [6.07, 6.45) is 4.32. The van der Waals surface area contributed by atoms with Crippen molar-refractivity contribution >= 4 is 5.82 Å². The lowest BCUT2D eigenvalue weighted by Gasteiger charge is -2.27. The molecule has 0 radical (unpaired) electrons.